The Morgan fingerprint density at radius 1 is 1.53 bits per heavy atom. The van der Waals surface area contributed by atoms with Crippen LogP contribution >= 0.6 is 11.8 Å². The lowest BCUT2D eigenvalue weighted by atomic mass is 10.3. The highest BCUT2D eigenvalue weighted by Crippen LogP contribution is 1.95. The summed E-state index contributed by atoms with van der Waals surface area (Å²) in [5.41, 5.74) is 0. The molecule has 0 aromatic rings. The number of hydrogen-bond acceptors (Lipinski definition) is 4. The van der Waals surface area contributed by atoms with Gasteiger partial charge in [-0.3, -0.25) is 0 Å². The summed E-state index contributed by atoms with van der Waals surface area (Å²) in [6.45, 7) is 5.74. The minimum absolute atomic E-state index is 0.172. The predicted molar refractivity (Wildman–Crippen MR) is 66.1 cm³/mol. The highest BCUT2D eigenvalue weighted by Gasteiger charge is 2.04. The molecule has 0 amide bonds. The summed E-state index contributed by atoms with van der Waals surface area (Å²) in [5.74, 6) is 4.29. The SMILES string of the molecule is C#CCSCCNCC(O)COC(C)C. The lowest BCUT2D eigenvalue weighted by Gasteiger charge is -2.13. The number of rotatable bonds is 9. The van der Waals surface area contributed by atoms with Gasteiger partial charge in [0.25, 0.3) is 0 Å². The van der Waals surface area contributed by atoms with Gasteiger partial charge in [0.05, 0.1) is 24.6 Å². The van der Waals surface area contributed by atoms with Crippen molar-refractivity contribution >= 4 is 11.8 Å². The van der Waals surface area contributed by atoms with Crippen LogP contribution in [-0.2, 0) is 4.74 Å². The van der Waals surface area contributed by atoms with Gasteiger partial charge in [-0.15, -0.1) is 18.2 Å². The van der Waals surface area contributed by atoms with Gasteiger partial charge in [0.2, 0.25) is 0 Å². The van der Waals surface area contributed by atoms with Crippen LogP contribution in [0.1, 0.15) is 13.8 Å². The molecule has 15 heavy (non-hydrogen) atoms. The van der Waals surface area contributed by atoms with Gasteiger partial charge >= 0.3 is 0 Å². The van der Waals surface area contributed by atoms with Crippen LogP contribution < -0.4 is 5.32 Å². The molecule has 2 N–H and O–H groups in total. The Balaban J connectivity index is 3.17. The van der Waals surface area contributed by atoms with E-state index >= 15 is 0 Å². The third kappa shape index (κ3) is 11.7. The molecular formula is C11H21NO2S. The number of aliphatic hydroxyl groups is 1. The molecule has 1 unspecified atom stereocenters. The van der Waals surface area contributed by atoms with Crippen molar-refractivity contribution in [3.63, 3.8) is 0 Å². The van der Waals surface area contributed by atoms with Crippen LogP contribution in [0.5, 0.6) is 0 Å². The summed E-state index contributed by atoms with van der Waals surface area (Å²) in [4.78, 5) is 0. The molecule has 0 saturated carbocycles. The topological polar surface area (TPSA) is 41.5 Å². The van der Waals surface area contributed by atoms with E-state index in [0.29, 0.717) is 13.2 Å². The van der Waals surface area contributed by atoms with Gasteiger partial charge < -0.3 is 15.2 Å². The van der Waals surface area contributed by atoms with Gasteiger partial charge in [0.1, 0.15) is 0 Å². The van der Waals surface area contributed by atoms with Crippen molar-refractivity contribution in [3.05, 3.63) is 0 Å². The second-order valence-corrected chi connectivity index (χ2v) is 4.60. The molecule has 0 radical (unpaired) electrons. The third-order valence-corrected chi connectivity index (χ3v) is 2.47. The predicted octanol–water partition coefficient (Wildman–Crippen LogP) is 0.728. The number of thioether (sulfide) groups is 1. The van der Waals surface area contributed by atoms with Crippen LogP contribution in [0.2, 0.25) is 0 Å². The van der Waals surface area contributed by atoms with E-state index in [1.807, 2.05) is 13.8 Å². The number of ether oxygens (including phenoxy) is 1. The van der Waals surface area contributed by atoms with E-state index in [-0.39, 0.29) is 6.10 Å². The van der Waals surface area contributed by atoms with Gasteiger partial charge in [-0.1, -0.05) is 5.92 Å². The molecule has 0 aromatic carbocycles. The van der Waals surface area contributed by atoms with Crippen LogP contribution in [0.15, 0.2) is 0 Å². The highest BCUT2D eigenvalue weighted by atomic mass is 32.2. The number of hydrogen-bond donors (Lipinski definition) is 2. The molecule has 0 heterocycles. The number of aliphatic hydroxyl groups excluding tert-OH is 1. The second-order valence-electron chi connectivity index (χ2n) is 3.50. The Morgan fingerprint density at radius 3 is 2.87 bits per heavy atom. The van der Waals surface area contributed by atoms with Crippen molar-refractivity contribution in [2.45, 2.75) is 26.1 Å². The summed E-state index contributed by atoms with van der Waals surface area (Å²) < 4.78 is 5.28. The smallest absolute Gasteiger partial charge is 0.0897 e. The molecule has 4 heteroatoms. The van der Waals surface area contributed by atoms with Crippen molar-refractivity contribution < 1.29 is 9.84 Å². The molecule has 0 aliphatic heterocycles. The summed E-state index contributed by atoms with van der Waals surface area (Å²) >= 11 is 1.71. The van der Waals surface area contributed by atoms with Crippen LogP contribution in [0.3, 0.4) is 0 Å². The van der Waals surface area contributed by atoms with Crippen molar-refractivity contribution in [2.75, 3.05) is 31.2 Å². The maximum absolute atomic E-state index is 9.47. The fourth-order valence-corrected chi connectivity index (χ4v) is 1.46. The molecule has 0 aliphatic rings. The molecule has 0 rings (SSSR count). The maximum Gasteiger partial charge on any atom is 0.0897 e. The first-order valence-corrected chi connectivity index (χ1v) is 6.34. The van der Waals surface area contributed by atoms with E-state index in [1.54, 1.807) is 11.8 Å². The second kappa shape index (κ2) is 10.3. The first kappa shape index (κ1) is 14.8. The maximum atomic E-state index is 9.47. The van der Waals surface area contributed by atoms with Crippen molar-refractivity contribution in [3.8, 4) is 12.3 Å². The molecule has 0 aromatic heterocycles. The van der Waals surface area contributed by atoms with Crippen LogP contribution in [0.4, 0.5) is 0 Å². The number of terminal acetylenes is 1. The van der Waals surface area contributed by atoms with E-state index in [4.69, 9.17) is 11.2 Å². The number of nitrogens with one attached hydrogen (secondary N) is 1. The molecule has 0 fully saturated rings. The van der Waals surface area contributed by atoms with Crippen molar-refractivity contribution in [1.29, 1.82) is 0 Å². The lowest BCUT2D eigenvalue weighted by Crippen LogP contribution is -2.32. The monoisotopic (exact) mass is 231 g/mol. The summed E-state index contributed by atoms with van der Waals surface area (Å²) in [6.07, 6.45) is 4.86. The molecule has 1 atom stereocenters. The Kier molecular flexibility index (Phi) is 10.2. The largest absolute Gasteiger partial charge is 0.389 e. The minimum Gasteiger partial charge on any atom is -0.389 e. The fourth-order valence-electron chi connectivity index (χ4n) is 0.907. The standard InChI is InChI=1S/C11H21NO2S/c1-4-6-15-7-5-12-8-11(13)9-14-10(2)3/h1,10-13H,5-9H2,2-3H3. The Morgan fingerprint density at radius 2 is 2.27 bits per heavy atom. The zero-order chi connectivity index (χ0) is 11.5. The van der Waals surface area contributed by atoms with Gasteiger partial charge in [0, 0.05) is 18.8 Å². The molecule has 88 valence electrons. The quantitative estimate of drug-likeness (QED) is 0.453. The van der Waals surface area contributed by atoms with Crippen molar-refractivity contribution in [1.82, 2.24) is 5.32 Å². The molecule has 0 saturated heterocycles. The van der Waals surface area contributed by atoms with Gasteiger partial charge in [-0.25, -0.2) is 0 Å². The summed E-state index contributed by atoms with van der Waals surface area (Å²) in [7, 11) is 0. The van der Waals surface area contributed by atoms with E-state index in [1.165, 1.54) is 0 Å². The normalized spacial score (nSPS) is 12.7. The van der Waals surface area contributed by atoms with E-state index in [2.05, 4.69) is 11.2 Å². The molecule has 3 nitrogen and oxygen atoms in total. The van der Waals surface area contributed by atoms with E-state index in [0.717, 1.165) is 18.1 Å². The van der Waals surface area contributed by atoms with E-state index in [9.17, 15) is 5.11 Å². The third-order valence-electron chi connectivity index (χ3n) is 1.61. The van der Waals surface area contributed by atoms with Crippen molar-refractivity contribution in [2.24, 2.45) is 0 Å². The highest BCUT2D eigenvalue weighted by molar-refractivity contribution is 7.99. The molecule has 0 spiro atoms. The van der Waals surface area contributed by atoms with E-state index < -0.39 is 6.10 Å². The average Bonchev–Trinajstić information content (AvgIpc) is 2.20. The first-order valence-electron chi connectivity index (χ1n) is 5.18. The lowest BCUT2D eigenvalue weighted by molar-refractivity contribution is 0.00664. The van der Waals surface area contributed by atoms with Crippen LogP contribution in [-0.4, -0.2) is 48.5 Å². The fraction of sp³-hybridized carbons (Fsp3) is 0.818. The van der Waals surface area contributed by atoms with Crippen LogP contribution in [0, 0.1) is 12.3 Å². The van der Waals surface area contributed by atoms with Gasteiger partial charge in [-0.05, 0) is 13.8 Å². The molecule has 0 bridgehead atoms. The minimum atomic E-state index is -0.426. The zero-order valence-electron chi connectivity index (χ0n) is 9.53. The van der Waals surface area contributed by atoms with Gasteiger partial charge in [-0.2, -0.15) is 0 Å². The Bertz CT molecular complexity index is 180. The van der Waals surface area contributed by atoms with Gasteiger partial charge in [0.15, 0.2) is 0 Å². The Hall–Kier alpha value is -0.210. The molecular weight excluding hydrogens is 210 g/mol. The summed E-state index contributed by atoms with van der Waals surface area (Å²) in [6, 6.07) is 0. The van der Waals surface area contributed by atoms with Crippen LogP contribution in [0.25, 0.3) is 0 Å². The zero-order valence-corrected chi connectivity index (χ0v) is 10.3. The first-order chi connectivity index (χ1) is 7.16. The molecule has 0 aliphatic carbocycles. The Labute approximate surface area is 97.0 Å². The average molecular weight is 231 g/mol. The summed E-state index contributed by atoms with van der Waals surface area (Å²) in [5, 5.41) is 12.6.